The molecule has 0 aliphatic rings. The van der Waals surface area contributed by atoms with Crippen LogP contribution in [-0.4, -0.2) is 26.5 Å². The molecule has 0 aliphatic heterocycles. The molecule has 4 rings (SSSR count). The SMILES string of the molecule is Cc1nn(-c2ccccc2)c(C)c1C(=O)C(=O)Nc1nc(-c2ccccc2Cl)co1. The molecule has 0 spiro atoms. The van der Waals surface area contributed by atoms with Gasteiger partial charge in [-0.25, -0.2) is 4.68 Å². The third kappa shape index (κ3) is 3.62. The van der Waals surface area contributed by atoms with Crippen molar-refractivity contribution in [3.8, 4) is 16.9 Å². The standard InChI is InChI=1S/C22H17ClN4O3/c1-13-19(14(2)27(26-13)15-8-4-3-5-9-15)20(28)21(29)25-22-24-18(12-30-22)16-10-6-7-11-17(16)23/h3-12H,1-2H3,(H,24,25,29). The van der Waals surface area contributed by atoms with Crippen molar-refractivity contribution in [1.82, 2.24) is 14.8 Å². The molecule has 0 saturated carbocycles. The maximum Gasteiger partial charge on any atom is 0.302 e. The Kier molecular flexibility index (Phi) is 5.20. The lowest BCUT2D eigenvalue weighted by Crippen LogP contribution is -2.24. The summed E-state index contributed by atoms with van der Waals surface area (Å²) in [4.78, 5) is 29.6. The van der Waals surface area contributed by atoms with Crippen LogP contribution >= 0.6 is 11.6 Å². The van der Waals surface area contributed by atoms with Gasteiger partial charge in [-0.1, -0.05) is 48.0 Å². The van der Waals surface area contributed by atoms with Gasteiger partial charge < -0.3 is 4.42 Å². The molecule has 150 valence electrons. The van der Waals surface area contributed by atoms with Crippen molar-refractivity contribution in [1.29, 1.82) is 0 Å². The number of anilines is 1. The number of halogens is 1. The van der Waals surface area contributed by atoms with Gasteiger partial charge in [-0.3, -0.25) is 14.9 Å². The lowest BCUT2D eigenvalue weighted by Gasteiger charge is -2.04. The average molecular weight is 421 g/mol. The van der Waals surface area contributed by atoms with E-state index < -0.39 is 11.7 Å². The van der Waals surface area contributed by atoms with E-state index in [1.165, 1.54) is 6.26 Å². The van der Waals surface area contributed by atoms with Crippen molar-refractivity contribution >= 4 is 29.3 Å². The fourth-order valence-electron chi connectivity index (χ4n) is 3.18. The highest BCUT2D eigenvalue weighted by Crippen LogP contribution is 2.28. The normalized spacial score (nSPS) is 10.8. The van der Waals surface area contributed by atoms with E-state index in [0.29, 0.717) is 27.7 Å². The number of aromatic nitrogens is 3. The molecule has 8 heteroatoms. The van der Waals surface area contributed by atoms with Crippen molar-refractivity contribution in [2.75, 3.05) is 5.32 Å². The highest BCUT2D eigenvalue weighted by Gasteiger charge is 2.26. The van der Waals surface area contributed by atoms with Crippen molar-refractivity contribution in [3.63, 3.8) is 0 Å². The van der Waals surface area contributed by atoms with Gasteiger partial charge in [0.2, 0.25) is 0 Å². The van der Waals surface area contributed by atoms with E-state index in [-0.39, 0.29) is 11.6 Å². The summed E-state index contributed by atoms with van der Waals surface area (Å²) in [6.45, 7) is 3.43. The molecule has 0 bridgehead atoms. The Morgan fingerprint density at radius 2 is 1.73 bits per heavy atom. The summed E-state index contributed by atoms with van der Waals surface area (Å²) >= 11 is 6.16. The minimum atomic E-state index is -0.860. The van der Waals surface area contributed by atoms with Gasteiger partial charge in [0, 0.05) is 5.56 Å². The van der Waals surface area contributed by atoms with E-state index in [0.717, 1.165) is 5.69 Å². The number of nitrogens with zero attached hydrogens (tertiary/aromatic N) is 3. The molecule has 1 N–H and O–H groups in total. The molecular formula is C22H17ClN4O3. The maximum atomic E-state index is 12.8. The topological polar surface area (TPSA) is 90.0 Å². The van der Waals surface area contributed by atoms with E-state index >= 15 is 0 Å². The van der Waals surface area contributed by atoms with Gasteiger partial charge in [0.15, 0.2) is 0 Å². The van der Waals surface area contributed by atoms with Crippen molar-refractivity contribution in [2.45, 2.75) is 13.8 Å². The summed E-state index contributed by atoms with van der Waals surface area (Å²) in [7, 11) is 0. The zero-order chi connectivity index (χ0) is 21.3. The predicted octanol–water partition coefficient (Wildman–Crippen LogP) is 4.62. The van der Waals surface area contributed by atoms with Gasteiger partial charge in [-0.2, -0.15) is 10.1 Å². The number of benzene rings is 2. The number of nitrogens with one attached hydrogen (secondary N) is 1. The fourth-order valence-corrected chi connectivity index (χ4v) is 3.42. The van der Waals surface area contributed by atoms with Gasteiger partial charge >= 0.3 is 6.01 Å². The Bertz CT molecular complexity index is 1240. The van der Waals surface area contributed by atoms with Gasteiger partial charge in [-0.15, -0.1) is 0 Å². The monoisotopic (exact) mass is 420 g/mol. The number of hydrogen-bond donors (Lipinski definition) is 1. The Balaban J connectivity index is 1.56. The molecule has 0 saturated heterocycles. The Labute approximate surface area is 177 Å². The third-order valence-corrected chi connectivity index (χ3v) is 4.93. The van der Waals surface area contributed by atoms with Gasteiger partial charge in [-0.05, 0) is 32.0 Å². The number of carbonyl (C=O) groups is 2. The molecule has 0 fully saturated rings. The van der Waals surface area contributed by atoms with Crippen LogP contribution in [0, 0.1) is 13.8 Å². The first-order chi connectivity index (χ1) is 14.5. The van der Waals surface area contributed by atoms with E-state index in [1.807, 2.05) is 36.4 Å². The number of oxazole rings is 1. The van der Waals surface area contributed by atoms with E-state index in [2.05, 4.69) is 15.4 Å². The molecule has 0 radical (unpaired) electrons. The Morgan fingerprint density at radius 3 is 2.47 bits per heavy atom. The molecule has 2 aromatic carbocycles. The summed E-state index contributed by atoms with van der Waals surface area (Å²) < 4.78 is 6.93. The average Bonchev–Trinajstić information content (AvgIpc) is 3.32. The molecule has 7 nitrogen and oxygen atoms in total. The predicted molar refractivity (Wildman–Crippen MR) is 113 cm³/mol. The molecule has 0 unspecified atom stereocenters. The van der Waals surface area contributed by atoms with Crippen LogP contribution in [0.3, 0.4) is 0 Å². The number of Topliss-reactive ketones (excluding diaryl/α,β-unsaturated/α-hetero) is 1. The van der Waals surface area contributed by atoms with E-state index in [1.54, 1.807) is 36.7 Å². The number of amides is 1. The zero-order valence-electron chi connectivity index (χ0n) is 16.2. The number of para-hydroxylation sites is 1. The summed E-state index contributed by atoms with van der Waals surface area (Å²) in [5.74, 6) is -1.58. The molecule has 1 amide bonds. The maximum absolute atomic E-state index is 12.8. The molecule has 2 aromatic heterocycles. The summed E-state index contributed by atoms with van der Waals surface area (Å²) in [5.41, 5.74) is 3.19. The van der Waals surface area contributed by atoms with E-state index in [9.17, 15) is 9.59 Å². The van der Waals surface area contributed by atoms with Crippen molar-refractivity contribution in [2.24, 2.45) is 0 Å². The first-order valence-electron chi connectivity index (χ1n) is 9.13. The molecule has 30 heavy (non-hydrogen) atoms. The first-order valence-corrected chi connectivity index (χ1v) is 9.51. The largest absolute Gasteiger partial charge is 0.431 e. The highest BCUT2D eigenvalue weighted by molar-refractivity contribution is 6.46. The number of hydrogen-bond acceptors (Lipinski definition) is 5. The smallest absolute Gasteiger partial charge is 0.302 e. The number of carbonyl (C=O) groups excluding carboxylic acids is 2. The summed E-state index contributed by atoms with van der Waals surface area (Å²) in [5, 5.41) is 7.31. The lowest BCUT2D eigenvalue weighted by atomic mass is 10.1. The van der Waals surface area contributed by atoms with Crippen LogP contribution < -0.4 is 5.32 Å². The minimum absolute atomic E-state index is 0.0889. The lowest BCUT2D eigenvalue weighted by molar-refractivity contribution is -0.112. The van der Waals surface area contributed by atoms with Crippen LogP contribution in [-0.2, 0) is 4.79 Å². The van der Waals surface area contributed by atoms with Crippen molar-refractivity contribution in [3.05, 3.63) is 82.8 Å². The second-order valence-electron chi connectivity index (χ2n) is 6.59. The van der Waals surface area contributed by atoms with Crippen molar-refractivity contribution < 1.29 is 14.0 Å². The number of ketones is 1. The van der Waals surface area contributed by atoms with Crippen LogP contribution in [0.15, 0.2) is 65.3 Å². The second-order valence-corrected chi connectivity index (χ2v) is 7.00. The fraction of sp³-hybridized carbons (Fsp3) is 0.0909. The number of rotatable bonds is 5. The number of aryl methyl sites for hydroxylation is 1. The molecule has 4 aromatic rings. The van der Waals surface area contributed by atoms with Gasteiger partial charge in [0.05, 0.1) is 27.7 Å². The van der Waals surface area contributed by atoms with Crippen LogP contribution in [0.1, 0.15) is 21.7 Å². The Hall–Kier alpha value is -3.71. The van der Waals surface area contributed by atoms with Gasteiger partial charge in [0.1, 0.15) is 12.0 Å². The quantitative estimate of drug-likeness (QED) is 0.376. The third-order valence-electron chi connectivity index (χ3n) is 4.60. The molecule has 2 heterocycles. The molecular weight excluding hydrogens is 404 g/mol. The minimum Gasteiger partial charge on any atom is -0.431 e. The van der Waals surface area contributed by atoms with Gasteiger partial charge in [0.25, 0.3) is 11.7 Å². The molecule has 0 aliphatic carbocycles. The van der Waals surface area contributed by atoms with Crippen LogP contribution in [0.4, 0.5) is 6.01 Å². The van der Waals surface area contributed by atoms with Crippen LogP contribution in [0.2, 0.25) is 5.02 Å². The highest BCUT2D eigenvalue weighted by atomic mass is 35.5. The van der Waals surface area contributed by atoms with Crippen LogP contribution in [0.5, 0.6) is 0 Å². The zero-order valence-corrected chi connectivity index (χ0v) is 17.0. The second kappa shape index (κ2) is 7.96. The summed E-state index contributed by atoms with van der Waals surface area (Å²) in [6.07, 6.45) is 1.37. The molecule has 0 atom stereocenters. The van der Waals surface area contributed by atoms with E-state index in [4.69, 9.17) is 16.0 Å². The first kappa shape index (κ1) is 19.6. The Morgan fingerprint density at radius 1 is 1.03 bits per heavy atom. The summed E-state index contributed by atoms with van der Waals surface area (Å²) in [6, 6.07) is 16.4. The van der Waals surface area contributed by atoms with Crippen LogP contribution in [0.25, 0.3) is 16.9 Å².